The zero-order valence-corrected chi connectivity index (χ0v) is 8.42. The van der Waals surface area contributed by atoms with Gasteiger partial charge in [0.05, 0.1) is 6.54 Å². The average molecular weight is 189 g/mol. The number of nitrogens with one attached hydrogen (secondary N) is 1. The highest BCUT2D eigenvalue weighted by molar-refractivity contribution is 5.97. The van der Waals surface area contributed by atoms with Crippen molar-refractivity contribution in [3.05, 3.63) is 48.0 Å². The predicted molar refractivity (Wildman–Crippen MR) is 58.6 cm³/mol. The van der Waals surface area contributed by atoms with E-state index >= 15 is 0 Å². The summed E-state index contributed by atoms with van der Waals surface area (Å²) in [4.78, 5) is 11.5. The quantitative estimate of drug-likeness (QED) is 0.436. The molecule has 2 heteroatoms. The van der Waals surface area contributed by atoms with Crippen LogP contribution in [0.3, 0.4) is 0 Å². The first-order valence-corrected chi connectivity index (χ1v) is 4.65. The molecule has 0 aromatic heterocycles. The molecular formula is C12H15NO. The van der Waals surface area contributed by atoms with Crippen molar-refractivity contribution in [2.24, 2.45) is 0 Å². The van der Waals surface area contributed by atoms with E-state index in [1.807, 2.05) is 31.2 Å². The largest absolute Gasteiger partial charge is 0.306 e. The van der Waals surface area contributed by atoms with Gasteiger partial charge >= 0.3 is 0 Å². The molecule has 14 heavy (non-hydrogen) atoms. The smallest absolute Gasteiger partial charge is 0.176 e. The van der Waals surface area contributed by atoms with E-state index in [2.05, 4.69) is 11.9 Å². The molecule has 0 unspecified atom stereocenters. The zero-order valence-electron chi connectivity index (χ0n) is 8.42. The van der Waals surface area contributed by atoms with Crippen LogP contribution in [0.4, 0.5) is 0 Å². The third kappa shape index (κ3) is 3.15. The van der Waals surface area contributed by atoms with Gasteiger partial charge in [-0.05, 0) is 6.92 Å². The van der Waals surface area contributed by atoms with Crippen LogP contribution >= 0.6 is 0 Å². The average Bonchev–Trinajstić information content (AvgIpc) is 2.19. The summed E-state index contributed by atoms with van der Waals surface area (Å²) in [5.74, 6) is 0.117. The molecular weight excluding hydrogens is 174 g/mol. The summed E-state index contributed by atoms with van der Waals surface area (Å²) < 4.78 is 0. The van der Waals surface area contributed by atoms with Crippen LogP contribution in [-0.4, -0.2) is 18.9 Å². The second-order valence-electron chi connectivity index (χ2n) is 3.21. The summed E-state index contributed by atoms with van der Waals surface area (Å²) in [5.41, 5.74) is 1.92. The molecule has 0 aliphatic heterocycles. The van der Waals surface area contributed by atoms with Gasteiger partial charge < -0.3 is 5.32 Å². The van der Waals surface area contributed by atoms with Gasteiger partial charge in [0.25, 0.3) is 0 Å². The molecule has 0 bridgehead atoms. The first-order valence-electron chi connectivity index (χ1n) is 4.65. The van der Waals surface area contributed by atoms with E-state index < -0.39 is 0 Å². The topological polar surface area (TPSA) is 29.1 Å². The van der Waals surface area contributed by atoms with Gasteiger partial charge in [-0.1, -0.05) is 35.9 Å². The standard InChI is InChI=1S/C12H15NO/c1-3-8-13-9-12(14)11-6-4-10(2)5-7-11/h3-7,13H,1,8-9H2,2H3. The van der Waals surface area contributed by atoms with Gasteiger partial charge in [0.1, 0.15) is 0 Å². The highest BCUT2D eigenvalue weighted by atomic mass is 16.1. The van der Waals surface area contributed by atoms with Crippen molar-refractivity contribution >= 4 is 5.78 Å². The van der Waals surface area contributed by atoms with E-state index in [1.165, 1.54) is 5.56 Å². The Bertz CT molecular complexity index is 314. The maximum Gasteiger partial charge on any atom is 0.176 e. The van der Waals surface area contributed by atoms with Gasteiger partial charge in [0.15, 0.2) is 5.78 Å². The first-order chi connectivity index (χ1) is 6.74. The van der Waals surface area contributed by atoms with E-state index in [0.29, 0.717) is 13.1 Å². The van der Waals surface area contributed by atoms with Gasteiger partial charge in [-0.2, -0.15) is 0 Å². The molecule has 0 fully saturated rings. The Hall–Kier alpha value is -1.41. The van der Waals surface area contributed by atoms with Crippen LogP contribution in [0, 0.1) is 6.92 Å². The van der Waals surface area contributed by atoms with Gasteiger partial charge in [-0.3, -0.25) is 4.79 Å². The molecule has 2 nitrogen and oxygen atoms in total. The monoisotopic (exact) mass is 189 g/mol. The van der Waals surface area contributed by atoms with Crippen LogP contribution in [0.1, 0.15) is 15.9 Å². The summed E-state index contributed by atoms with van der Waals surface area (Å²) in [5, 5.41) is 2.98. The molecule has 0 saturated heterocycles. The van der Waals surface area contributed by atoms with Gasteiger partial charge in [0.2, 0.25) is 0 Å². The lowest BCUT2D eigenvalue weighted by Gasteiger charge is -2.01. The van der Waals surface area contributed by atoms with E-state index in [0.717, 1.165) is 5.56 Å². The zero-order chi connectivity index (χ0) is 10.4. The Balaban J connectivity index is 2.52. The number of rotatable bonds is 5. The number of ketones is 1. The van der Waals surface area contributed by atoms with E-state index in [9.17, 15) is 4.79 Å². The molecule has 0 radical (unpaired) electrons. The third-order valence-corrected chi connectivity index (χ3v) is 1.95. The summed E-state index contributed by atoms with van der Waals surface area (Å²) in [6.07, 6.45) is 1.74. The van der Waals surface area contributed by atoms with Crippen molar-refractivity contribution in [3.8, 4) is 0 Å². The molecule has 1 N–H and O–H groups in total. The SMILES string of the molecule is C=CCNCC(=O)c1ccc(C)cc1. The molecule has 1 aromatic rings. The van der Waals surface area contributed by atoms with E-state index in [-0.39, 0.29) is 5.78 Å². The lowest BCUT2D eigenvalue weighted by molar-refractivity contribution is 0.0992. The van der Waals surface area contributed by atoms with E-state index in [1.54, 1.807) is 6.08 Å². The Kier molecular flexibility index (Phi) is 4.08. The highest BCUT2D eigenvalue weighted by Crippen LogP contribution is 2.03. The number of aryl methyl sites for hydroxylation is 1. The first kappa shape index (κ1) is 10.7. The van der Waals surface area contributed by atoms with E-state index in [4.69, 9.17) is 0 Å². The maximum atomic E-state index is 11.5. The normalized spacial score (nSPS) is 9.79. The Morgan fingerprint density at radius 1 is 1.43 bits per heavy atom. The molecule has 0 saturated carbocycles. The minimum absolute atomic E-state index is 0.117. The minimum atomic E-state index is 0.117. The lowest BCUT2D eigenvalue weighted by Crippen LogP contribution is -2.22. The maximum absolute atomic E-state index is 11.5. The predicted octanol–water partition coefficient (Wildman–Crippen LogP) is 1.95. The van der Waals surface area contributed by atoms with Crippen molar-refractivity contribution < 1.29 is 4.79 Å². The Morgan fingerprint density at radius 3 is 2.64 bits per heavy atom. The molecule has 1 aromatic carbocycles. The fourth-order valence-electron chi connectivity index (χ4n) is 1.13. The third-order valence-electron chi connectivity index (χ3n) is 1.95. The summed E-state index contributed by atoms with van der Waals surface area (Å²) in [6.45, 7) is 6.61. The number of carbonyl (C=O) groups excluding carboxylic acids is 1. The summed E-state index contributed by atoms with van der Waals surface area (Å²) in [6, 6.07) is 7.60. The van der Waals surface area contributed by atoms with Crippen LogP contribution in [0.15, 0.2) is 36.9 Å². The van der Waals surface area contributed by atoms with Crippen molar-refractivity contribution in [1.29, 1.82) is 0 Å². The number of Topliss-reactive ketones (excluding diaryl/α,β-unsaturated/α-hetero) is 1. The molecule has 0 aliphatic carbocycles. The summed E-state index contributed by atoms with van der Waals surface area (Å²) >= 11 is 0. The minimum Gasteiger partial charge on any atom is -0.306 e. The number of benzene rings is 1. The molecule has 0 aliphatic rings. The van der Waals surface area contributed by atoms with Crippen molar-refractivity contribution in [2.75, 3.05) is 13.1 Å². The van der Waals surface area contributed by atoms with Crippen molar-refractivity contribution in [3.63, 3.8) is 0 Å². The number of hydrogen-bond acceptors (Lipinski definition) is 2. The molecule has 0 amide bonds. The van der Waals surface area contributed by atoms with Crippen LogP contribution in [-0.2, 0) is 0 Å². The lowest BCUT2D eigenvalue weighted by atomic mass is 10.1. The Labute approximate surface area is 84.6 Å². The molecule has 1 rings (SSSR count). The number of carbonyl (C=O) groups is 1. The van der Waals surface area contributed by atoms with Crippen LogP contribution in [0.2, 0.25) is 0 Å². The second-order valence-corrected chi connectivity index (χ2v) is 3.21. The fourth-order valence-corrected chi connectivity index (χ4v) is 1.13. The van der Waals surface area contributed by atoms with Crippen molar-refractivity contribution in [1.82, 2.24) is 5.32 Å². The fraction of sp³-hybridized carbons (Fsp3) is 0.250. The van der Waals surface area contributed by atoms with Gasteiger partial charge in [-0.25, -0.2) is 0 Å². The van der Waals surface area contributed by atoms with Crippen LogP contribution in [0.25, 0.3) is 0 Å². The van der Waals surface area contributed by atoms with Crippen LogP contribution < -0.4 is 5.32 Å². The second kappa shape index (κ2) is 5.35. The van der Waals surface area contributed by atoms with Crippen LogP contribution in [0.5, 0.6) is 0 Å². The molecule has 0 spiro atoms. The van der Waals surface area contributed by atoms with Gasteiger partial charge in [0, 0.05) is 12.1 Å². The molecule has 0 atom stereocenters. The highest BCUT2D eigenvalue weighted by Gasteiger charge is 2.03. The molecule has 0 heterocycles. The van der Waals surface area contributed by atoms with Crippen molar-refractivity contribution in [2.45, 2.75) is 6.92 Å². The molecule has 74 valence electrons. The number of hydrogen-bond donors (Lipinski definition) is 1. The summed E-state index contributed by atoms with van der Waals surface area (Å²) in [7, 11) is 0. The van der Waals surface area contributed by atoms with Gasteiger partial charge in [-0.15, -0.1) is 6.58 Å². The Morgan fingerprint density at radius 2 is 2.07 bits per heavy atom.